The van der Waals surface area contributed by atoms with Crippen molar-refractivity contribution < 1.29 is 47.7 Å². The molecule has 1 aliphatic carbocycles. The van der Waals surface area contributed by atoms with Gasteiger partial charge in [0, 0.05) is 5.92 Å². The van der Waals surface area contributed by atoms with Crippen molar-refractivity contribution in [3.8, 4) is 11.1 Å². The van der Waals surface area contributed by atoms with Crippen LogP contribution in [0.3, 0.4) is 0 Å². The SMILES string of the molecule is CC(C)(C)OC(=O)C[C@@H](NC(=O)OCC1c2ccccc2-c2ccccc21)C(=O)OC[C@H](NC(=O)OC(C)(C)C)C(=O)OCc1ccccc1. The maximum absolute atomic E-state index is 13.4. The molecule has 0 heterocycles. The molecule has 3 aromatic carbocycles. The highest BCUT2D eigenvalue weighted by molar-refractivity contribution is 5.87. The molecule has 1 aliphatic rings. The third-order valence-corrected chi connectivity index (χ3v) is 7.30. The minimum Gasteiger partial charge on any atom is -0.461 e. The molecule has 2 N–H and O–H groups in total. The Hall–Kier alpha value is -5.39. The van der Waals surface area contributed by atoms with Gasteiger partial charge < -0.3 is 34.3 Å². The summed E-state index contributed by atoms with van der Waals surface area (Å²) in [5.74, 6) is -3.01. The van der Waals surface area contributed by atoms with Crippen LogP contribution in [0.15, 0.2) is 78.9 Å². The molecule has 0 aliphatic heterocycles. The fourth-order valence-corrected chi connectivity index (χ4v) is 5.24. The Morgan fingerprint density at radius 2 is 1.14 bits per heavy atom. The zero-order chi connectivity index (χ0) is 36.5. The second kappa shape index (κ2) is 16.3. The Balaban J connectivity index is 1.44. The van der Waals surface area contributed by atoms with Crippen LogP contribution in [-0.2, 0) is 44.7 Å². The number of hydrogen-bond donors (Lipinski definition) is 2. The number of nitrogens with one attached hydrogen (secondary N) is 2. The number of carbonyl (C=O) groups excluding carboxylic acids is 5. The lowest BCUT2D eigenvalue weighted by Crippen LogP contribution is -2.49. The van der Waals surface area contributed by atoms with E-state index >= 15 is 0 Å². The van der Waals surface area contributed by atoms with Crippen LogP contribution in [0.25, 0.3) is 11.1 Å². The molecule has 0 saturated heterocycles. The van der Waals surface area contributed by atoms with Crippen LogP contribution in [0.4, 0.5) is 9.59 Å². The molecule has 50 heavy (non-hydrogen) atoms. The van der Waals surface area contributed by atoms with Crippen molar-refractivity contribution in [2.24, 2.45) is 0 Å². The predicted octanol–water partition coefficient (Wildman–Crippen LogP) is 5.81. The molecule has 266 valence electrons. The number of ether oxygens (including phenoxy) is 5. The highest BCUT2D eigenvalue weighted by Crippen LogP contribution is 2.44. The van der Waals surface area contributed by atoms with Crippen LogP contribution < -0.4 is 10.6 Å². The van der Waals surface area contributed by atoms with E-state index < -0.39 is 66.4 Å². The van der Waals surface area contributed by atoms with E-state index in [4.69, 9.17) is 23.7 Å². The van der Waals surface area contributed by atoms with Crippen molar-refractivity contribution in [3.05, 3.63) is 95.6 Å². The molecule has 0 bridgehead atoms. The summed E-state index contributed by atoms with van der Waals surface area (Å²) in [6.07, 6.45) is -2.51. The molecule has 3 aromatic rings. The first-order valence-electron chi connectivity index (χ1n) is 16.3. The van der Waals surface area contributed by atoms with Crippen LogP contribution in [0, 0.1) is 0 Å². The number of alkyl carbamates (subject to hydrolysis) is 2. The monoisotopic (exact) mass is 688 g/mol. The van der Waals surface area contributed by atoms with Crippen LogP contribution >= 0.6 is 0 Å². The van der Waals surface area contributed by atoms with E-state index in [1.165, 1.54) is 0 Å². The van der Waals surface area contributed by atoms with Gasteiger partial charge in [0.1, 0.15) is 37.1 Å². The molecule has 0 saturated carbocycles. The number of amides is 2. The zero-order valence-corrected chi connectivity index (χ0v) is 29.1. The quantitative estimate of drug-likeness (QED) is 0.176. The molecule has 2 atom stereocenters. The standard InChI is InChI=1S/C38H44N2O10/c1-37(2,3)49-32(41)20-30(39-35(44)48-22-29-27-18-12-10-16-25(27)26-17-11-13-19-28(26)29)33(42)47-23-31(40-36(45)50-38(4,5)6)34(43)46-21-24-14-8-7-9-15-24/h7-19,29-31H,20-23H2,1-6H3,(H,39,44)(H,40,45)/t30-,31+/m1/s1. The van der Waals surface area contributed by atoms with Gasteiger partial charge in [0.15, 0.2) is 6.04 Å². The third kappa shape index (κ3) is 11.1. The summed E-state index contributed by atoms with van der Waals surface area (Å²) in [4.78, 5) is 64.9. The minimum absolute atomic E-state index is 0.0385. The number of hydrogen-bond acceptors (Lipinski definition) is 10. The number of rotatable bonds is 12. The average Bonchev–Trinajstić information content (AvgIpc) is 3.36. The van der Waals surface area contributed by atoms with E-state index in [-0.39, 0.29) is 19.1 Å². The Morgan fingerprint density at radius 3 is 1.72 bits per heavy atom. The van der Waals surface area contributed by atoms with Gasteiger partial charge in [-0.2, -0.15) is 0 Å². The number of fused-ring (bicyclic) bond motifs is 3. The molecule has 12 heteroatoms. The van der Waals surface area contributed by atoms with Gasteiger partial charge in [-0.1, -0.05) is 78.9 Å². The summed E-state index contributed by atoms with van der Waals surface area (Å²) in [5.41, 5.74) is 3.01. The van der Waals surface area contributed by atoms with Gasteiger partial charge in [0.05, 0.1) is 6.42 Å². The van der Waals surface area contributed by atoms with Gasteiger partial charge in [-0.05, 0) is 69.4 Å². The fraction of sp³-hybridized carbons (Fsp3) is 0.395. The summed E-state index contributed by atoms with van der Waals surface area (Å²) in [7, 11) is 0. The lowest BCUT2D eigenvalue weighted by atomic mass is 9.98. The van der Waals surface area contributed by atoms with Crippen LogP contribution in [0.5, 0.6) is 0 Å². The molecule has 0 spiro atoms. The van der Waals surface area contributed by atoms with Crippen molar-refractivity contribution in [3.63, 3.8) is 0 Å². The van der Waals surface area contributed by atoms with Gasteiger partial charge >= 0.3 is 30.1 Å². The Labute approximate surface area is 291 Å². The number of benzene rings is 3. The van der Waals surface area contributed by atoms with Crippen LogP contribution in [0.2, 0.25) is 0 Å². The molecule has 0 fully saturated rings. The third-order valence-electron chi connectivity index (χ3n) is 7.30. The van der Waals surface area contributed by atoms with Gasteiger partial charge in [-0.25, -0.2) is 19.2 Å². The van der Waals surface area contributed by atoms with E-state index in [0.717, 1.165) is 22.3 Å². The van der Waals surface area contributed by atoms with Crippen molar-refractivity contribution in [2.45, 2.75) is 83.8 Å². The number of carbonyl (C=O) groups is 5. The van der Waals surface area contributed by atoms with Crippen molar-refractivity contribution >= 4 is 30.1 Å². The molecule has 4 rings (SSSR count). The highest BCUT2D eigenvalue weighted by Gasteiger charge is 2.33. The minimum atomic E-state index is -1.55. The van der Waals surface area contributed by atoms with Gasteiger partial charge in [0.25, 0.3) is 0 Å². The fourth-order valence-electron chi connectivity index (χ4n) is 5.24. The zero-order valence-electron chi connectivity index (χ0n) is 29.1. The van der Waals surface area contributed by atoms with E-state index in [9.17, 15) is 24.0 Å². The molecule has 12 nitrogen and oxygen atoms in total. The van der Waals surface area contributed by atoms with Gasteiger partial charge in [-0.3, -0.25) is 4.79 Å². The first-order valence-corrected chi connectivity index (χ1v) is 16.3. The van der Waals surface area contributed by atoms with E-state index in [0.29, 0.717) is 5.56 Å². The lowest BCUT2D eigenvalue weighted by Gasteiger charge is -2.24. The maximum Gasteiger partial charge on any atom is 0.408 e. The van der Waals surface area contributed by atoms with Crippen LogP contribution in [0.1, 0.15) is 70.6 Å². The molecule has 0 unspecified atom stereocenters. The Morgan fingerprint density at radius 1 is 0.620 bits per heavy atom. The largest absolute Gasteiger partial charge is 0.461 e. The van der Waals surface area contributed by atoms with Crippen molar-refractivity contribution in [2.75, 3.05) is 13.2 Å². The molecule has 0 radical (unpaired) electrons. The Bertz CT molecular complexity index is 1630. The molecular formula is C38H44N2O10. The second-order valence-corrected chi connectivity index (χ2v) is 13.7. The maximum atomic E-state index is 13.4. The average molecular weight is 689 g/mol. The van der Waals surface area contributed by atoms with Gasteiger partial charge in [-0.15, -0.1) is 0 Å². The van der Waals surface area contributed by atoms with Crippen molar-refractivity contribution in [1.82, 2.24) is 10.6 Å². The van der Waals surface area contributed by atoms with Gasteiger partial charge in [0.2, 0.25) is 0 Å². The van der Waals surface area contributed by atoms with E-state index in [2.05, 4.69) is 10.6 Å². The lowest BCUT2D eigenvalue weighted by molar-refractivity contribution is -0.161. The molecular weight excluding hydrogens is 644 g/mol. The summed E-state index contributed by atoms with van der Waals surface area (Å²) in [5, 5.41) is 4.78. The highest BCUT2D eigenvalue weighted by atomic mass is 16.6. The normalized spacial score (nSPS) is 13.5. The molecule has 2 amide bonds. The predicted molar refractivity (Wildman–Crippen MR) is 183 cm³/mol. The van der Waals surface area contributed by atoms with Crippen molar-refractivity contribution in [1.29, 1.82) is 0 Å². The first-order chi connectivity index (χ1) is 23.6. The first kappa shape index (κ1) is 37.4. The smallest absolute Gasteiger partial charge is 0.408 e. The van der Waals surface area contributed by atoms with E-state index in [1.54, 1.807) is 65.8 Å². The number of esters is 3. The summed E-state index contributed by atoms with van der Waals surface area (Å²) >= 11 is 0. The van der Waals surface area contributed by atoms with E-state index in [1.807, 2.05) is 54.6 Å². The summed E-state index contributed by atoms with van der Waals surface area (Å²) in [6.45, 7) is 9.07. The topological polar surface area (TPSA) is 156 Å². The second-order valence-electron chi connectivity index (χ2n) is 13.7. The van der Waals surface area contributed by atoms with Crippen LogP contribution in [-0.4, -0.2) is 66.6 Å². The summed E-state index contributed by atoms with van der Waals surface area (Å²) in [6, 6.07) is 21.5. The Kier molecular flexibility index (Phi) is 12.2. The molecule has 0 aromatic heterocycles. The summed E-state index contributed by atoms with van der Waals surface area (Å²) < 4.78 is 27.0.